The molecule has 0 atom stereocenters. The van der Waals surface area contributed by atoms with Crippen LogP contribution in [0.4, 0.5) is 11.5 Å². The van der Waals surface area contributed by atoms with Gasteiger partial charge < -0.3 is 21.5 Å². The fraction of sp³-hybridized carbons (Fsp3) is 0.364. The lowest BCUT2D eigenvalue weighted by molar-refractivity contribution is 0.293. The maximum atomic E-state index is 8.60. The number of nitrogens with zero attached hydrogens (tertiary/aromatic N) is 2. The number of hydrogen-bond acceptors (Lipinski definition) is 5. The van der Waals surface area contributed by atoms with Crippen LogP contribution in [-0.4, -0.2) is 41.0 Å². The minimum atomic E-state index is 0.149. The predicted molar refractivity (Wildman–Crippen MR) is 68.0 cm³/mol. The molecule has 0 spiro atoms. The molecule has 2 heterocycles. The van der Waals surface area contributed by atoms with E-state index >= 15 is 0 Å². The van der Waals surface area contributed by atoms with E-state index in [0.29, 0.717) is 24.6 Å². The van der Waals surface area contributed by atoms with Crippen LogP contribution in [0.5, 0.6) is 0 Å². The quantitative estimate of drug-likeness (QED) is 0.526. The number of aromatic nitrogens is 2. The number of rotatable bonds is 6. The first-order chi connectivity index (χ1) is 8.33. The molecule has 0 amide bonds. The number of nitrogens with two attached hydrogens (primary N) is 1. The Labute approximate surface area is 99.4 Å². The van der Waals surface area contributed by atoms with Crippen molar-refractivity contribution in [2.75, 3.05) is 37.3 Å². The van der Waals surface area contributed by atoms with Crippen LogP contribution in [0.3, 0.4) is 0 Å². The topological polar surface area (TPSA) is 87.6 Å². The van der Waals surface area contributed by atoms with Crippen LogP contribution in [0.25, 0.3) is 5.52 Å². The Kier molecular flexibility index (Phi) is 3.79. The highest BCUT2D eigenvalue weighted by atomic mass is 16.3. The van der Waals surface area contributed by atoms with Crippen LogP contribution in [0, 0.1) is 0 Å². The van der Waals surface area contributed by atoms with E-state index < -0.39 is 0 Å². The molecule has 0 aliphatic heterocycles. The summed E-state index contributed by atoms with van der Waals surface area (Å²) >= 11 is 0. The van der Waals surface area contributed by atoms with Crippen molar-refractivity contribution in [3.8, 4) is 0 Å². The van der Waals surface area contributed by atoms with Gasteiger partial charge in [0, 0.05) is 25.8 Å². The van der Waals surface area contributed by atoms with Gasteiger partial charge >= 0.3 is 0 Å². The van der Waals surface area contributed by atoms with Crippen LogP contribution in [-0.2, 0) is 0 Å². The molecular formula is C11H17N5O. The van der Waals surface area contributed by atoms with Gasteiger partial charge in [-0.05, 0) is 12.1 Å². The summed E-state index contributed by atoms with van der Waals surface area (Å²) in [6.07, 6.45) is 1.86. The first kappa shape index (κ1) is 11.7. The monoisotopic (exact) mass is 235 g/mol. The van der Waals surface area contributed by atoms with Crippen molar-refractivity contribution < 1.29 is 5.11 Å². The molecular weight excluding hydrogens is 218 g/mol. The molecule has 0 saturated heterocycles. The van der Waals surface area contributed by atoms with E-state index in [4.69, 9.17) is 10.8 Å². The predicted octanol–water partition coefficient (Wildman–Crippen LogP) is -0.0897. The van der Waals surface area contributed by atoms with Gasteiger partial charge in [-0.2, -0.15) is 0 Å². The second-order valence-electron chi connectivity index (χ2n) is 3.69. The van der Waals surface area contributed by atoms with Gasteiger partial charge in [0.05, 0.1) is 12.1 Å². The normalized spacial score (nSPS) is 10.9. The second kappa shape index (κ2) is 5.51. The fourth-order valence-electron chi connectivity index (χ4n) is 1.62. The van der Waals surface area contributed by atoms with Gasteiger partial charge in [-0.3, -0.25) is 0 Å². The third kappa shape index (κ3) is 2.66. The highest BCUT2D eigenvalue weighted by molar-refractivity contribution is 5.80. The fourth-order valence-corrected chi connectivity index (χ4v) is 1.62. The summed E-state index contributed by atoms with van der Waals surface area (Å²) in [5.74, 6) is 0.696. The minimum Gasteiger partial charge on any atom is -0.395 e. The molecule has 0 saturated carbocycles. The Morgan fingerprint density at radius 2 is 2.18 bits per heavy atom. The van der Waals surface area contributed by atoms with Gasteiger partial charge in [0.15, 0.2) is 5.82 Å². The average molecular weight is 235 g/mol. The SMILES string of the molecule is Nc1c(NCCNCCO)nn2ccccc12. The number of fused-ring (bicyclic) bond motifs is 1. The highest BCUT2D eigenvalue weighted by Crippen LogP contribution is 2.21. The molecule has 6 heteroatoms. The molecule has 2 aromatic rings. The Morgan fingerprint density at radius 3 is 2.94 bits per heavy atom. The zero-order valence-electron chi connectivity index (χ0n) is 9.56. The number of anilines is 2. The average Bonchev–Trinajstić information content (AvgIpc) is 2.67. The lowest BCUT2D eigenvalue weighted by Gasteiger charge is -2.04. The van der Waals surface area contributed by atoms with Gasteiger partial charge in [0.25, 0.3) is 0 Å². The lowest BCUT2D eigenvalue weighted by atomic mass is 10.3. The molecule has 0 unspecified atom stereocenters. The van der Waals surface area contributed by atoms with Gasteiger partial charge in [-0.15, -0.1) is 5.10 Å². The summed E-state index contributed by atoms with van der Waals surface area (Å²) < 4.78 is 1.75. The number of aliphatic hydroxyl groups is 1. The van der Waals surface area contributed by atoms with Crippen molar-refractivity contribution in [2.45, 2.75) is 0 Å². The first-order valence-corrected chi connectivity index (χ1v) is 5.61. The summed E-state index contributed by atoms with van der Waals surface area (Å²) in [5, 5.41) is 19.2. The number of hydrogen-bond donors (Lipinski definition) is 4. The third-order valence-electron chi connectivity index (χ3n) is 2.46. The number of nitrogen functional groups attached to an aromatic ring is 1. The van der Waals surface area contributed by atoms with Crippen LogP contribution < -0.4 is 16.4 Å². The second-order valence-corrected chi connectivity index (χ2v) is 3.69. The minimum absolute atomic E-state index is 0.149. The molecule has 2 rings (SSSR count). The molecule has 17 heavy (non-hydrogen) atoms. The van der Waals surface area contributed by atoms with Crippen molar-refractivity contribution in [1.82, 2.24) is 14.9 Å². The molecule has 0 radical (unpaired) electrons. The summed E-state index contributed by atoms with van der Waals surface area (Å²) in [7, 11) is 0. The summed E-state index contributed by atoms with van der Waals surface area (Å²) in [5.41, 5.74) is 7.53. The summed E-state index contributed by atoms with van der Waals surface area (Å²) in [4.78, 5) is 0. The molecule has 0 fully saturated rings. The van der Waals surface area contributed by atoms with Crippen LogP contribution in [0.15, 0.2) is 24.4 Å². The van der Waals surface area contributed by atoms with Gasteiger partial charge in [-0.1, -0.05) is 6.07 Å². The molecule has 0 bridgehead atoms. The van der Waals surface area contributed by atoms with E-state index in [0.717, 1.165) is 12.1 Å². The van der Waals surface area contributed by atoms with Crippen LogP contribution in [0.1, 0.15) is 0 Å². The first-order valence-electron chi connectivity index (χ1n) is 5.61. The molecule has 0 aliphatic rings. The molecule has 92 valence electrons. The van der Waals surface area contributed by atoms with E-state index in [1.807, 2.05) is 24.4 Å². The largest absolute Gasteiger partial charge is 0.395 e. The van der Waals surface area contributed by atoms with E-state index in [2.05, 4.69) is 15.7 Å². The summed E-state index contributed by atoms with van der Waals surface area (Å²) in [6.45, 7) is 2.22. The van der Waals surface area contributed by atoms with E-state index in [1.54, 1.807) is 4.52 Å². The molecule has 5 N–H and O–H groups in total. The van der Waals surface area contributed by atoms with Crippen molar-refractivity contribution in [2.24, 2.45) is 0 Å². The third-order valence-corrected chi connectivity index (χ3v) is 2.46. The molecule has 2 aromatic heterocycles. The standard InChI is InChI=1S/C11H17N5O/c12-10-9-3-1-2-7-16(9)15-11(10)14-5-4-13-6-8-17/h1-3,7,13,17H,4-6,8,12H2,(H,14,15). The van der Waals surface area contributed by atoms with Crippen molar-refractivity contribution >= 4 is 17.0 Å². The van der Waals surface area contributed by atoms with Crippen LogP contribution in [0.2, 0.25) is 0 Å². The van der Waals surface area contributed by atoms with E-state index in [9.17, 15) is 0 Å². The van der Waals surface area contributed by atoms with Crippen molar-refractivity contribution in [1.29, 1.82) is 0 Å². The van der Waals surface area contributed by atoms with Gasteiger partial charge in [0.1, 0.15) is 5.69 Å². The van der Waals surface area contributed by atoms with E-state index in [-0.39, 0.29) is 6.61 Å². The zero-order valence-corrected chi connectivity index (χ0v) is 9.56. The maximum Gasteiger partial charge on any atom is 0.172 e. The number of pyridine rings is 1. The van der Waals surface area contributed by atoms with Crippen LogP contribution >= 0.6 is 0 Å². The molecule has 0 aliphatic carbocycles. The maximum absolute atomic E-state index is 8.60. The van der Waals surface area contributed by atoms with Gasteiger partial charge in [-0.25, -0.2) is 4.52 Å². The number of nitrogens with one attached hydrogen (secondary N) is 2. The van der Waals surface area contributed by atoms with Crippen molar-refractivity contribution in [3.63, 3.8) is 0 Å². The Balaban J connectivity index is 1.97. The highest BCUT2D eigenvalue weighted by Gasteiger charge is 2.07. The van der Waals surface area contributed by atoms with Gasteiger partial charge in [0.2, 0.25) is 0 Å². The Hall–Kier alpha value is -1.79. The summed E-state index contributed by atoms with van der Waals surface area (Å²) in [6, 6.07) is 5.77. The Morgan fingerprint density at radius 1 is 1.29 bits per heavy atom. The van der Waals surface area contributed by atoms with Crippen molar-refractivity contribution in [3.05, 3.63) is 24.4 Å². The smallest absolute Gasteiger partial charge is 0.172 e. The number of aliphatic hydroxyl groups excluding tert-OH is 1. The lowest BCUT2D eigenvalue weighted by Crippen LogP contribution is -2.25. The van der Waals surface area contributed by atoms with E-state index in [1.165, 1.54) is 0 Å². The Bertz CT molecular complexity index is 482. The molecule has 0 aromatic carbocycles. The molecule has 6 nitrogen and oxygen atoms in total. The zero-order chi connectivity index (χ0) is 12.1.